The van der Waals surface area contributed by atoms with Crippen molar-refractivity contribution in [1.82, 2.24) is 4.90 Å². The number of hydrogen-bond donors (Lipinski definition) is 1. The summed E-state index contributed by atoms with van der Waals surface area (Å²) < 4.78 is 5.15. The molecule has 0 saturated carbocycles. The average Bonchev–Trinajstić information content (AvgIpc) is 2.81. The van der Waals surface area contributed by atoms with Crippen LogP contribution in [0.2, 0.25) is 5.02 Å². The maximum atomic E-state index is 12.4. The predicted octanol–water partition coefficient (Wildman–Crippen LogP) is 2.58. The van der Waals surface area contributed by atoms with E-state index in [9.17, 15) is 14.4 Å². The molecule has 1 aliphatic rings. The molecular formula is C17H13ClN2O4. The van der Waals surface area contributed by atoms with Crippen molar-refractivity contribution in [2.75, 3.05) is 19.0 Å². The summed E-state index contributed by atoms with van der Waals surface area (Å²) in [5, 5.41) is 2.82. The van der Waals surface area contributed by atoms with Crippen molar-refractivity contribution in [2.45, 2.75) is 0 Å². The molecule has 6 nitrogen and oxygen atoms in total. The summed E-state index contributed by atoms with van der Waals surface area (Å²) in [6.07, 6.45) is 0. The first-order valence-corrected chi connectivity index (χ1v) is 7.48. The van der Waals surface area contributed by atoms with Gasteiger partial charge < -0.3 is 10.1 Å². The first kappa shape index (κ1) is 16.0. The first-order chi connectivity index (χ1) is 11.5. The number of carbonyl (C=O) groups excluding carboxylic acids is 3. The van der Waals surface area contributed by atoms with Crippen LogP contribution in [0.5, 0.6) is 5.75 Å². The molecule has 2 aromatic rings. The number of rotatable bonds is 4. The molecule has 0 saturated heterocycles. The summed E-state index contributed by atoms with van der Waals surface area (Å²) in [6, 6.07) is 11.5. The Balaban J connectivity index is 1.78. The van der Waals surface area contributed by atoms with Crippen molar-refractivity contribution in [3.8, 4) is 5.75 Å². The number of fused-ring (bicyclic) bond motifs is 1. The number of para-hydroxylation sites is 2. The summed E-state index contributed by atoms with van der Waals surface area (Å²) in [7, 11) is 1.48. The van der Waals surface area contributed by atoms with Crippen LogP contribution in [-0.2, 0) is 4.79 Å². The van der Waals surface area contributed by atoms with Gasteiger partial charge in [0.1, 0.15) is 12.3 Å². The number of imide groups is 1. The van der Waals surface area contributed by atoms with Crippen LogP contribution in [0.15, 0.2) is 42.5 Å². The lowest BCUT2D eigenvalue weighted by Crippen LogP contribution is -2.37. The van der Waals surface area contributed by atoms with Gasteiger partial charge in [-0.05, 0) is 24.3 Å². The van der Waals surface area contributed by atoms with E-state index in [-0.39, 0.29) is 16.1 Å². The van der Waals surface area contributed by atoms with Gasteiger partial charge in [-0.2, -0.15) is 0 Å². The van der Waals surface area contributed by atoms with E-state index in [0.717, 1.165) is 4.90 Å². The van der Waals surface area contributed by atoms with Crippen LogP contribution in [0.25, 0.3) is 0 Å². The van der Waals surface area contributed by atoms with E-state index >= 15 is 0 Å². The third-order valence-corrected chi connectivity index (χ3v) is 3.95. The fourth-order valence-electron chi connectivity index (χ4n) is 2.52. The number of nitrogens with zero attached hydrogens (tertiary/aromatic N) is 1. The van der Waals surface area contributed by atoms with E-state index in [4.69, 9.17) is 16.3 Å². The number of benzene rings is 2. The minimum absolute atomic E-state index is 0.134. The van der Waals surface area contributed by atoms with Gasteiger partial charge in [0.15, 0.2) is 0 Å². The van der Waals surface area contributed by atoms with Crippen molar-refractivity contribution in [2.24, 2.45) is 0 Å². The number of halogens is 1. The largest absolute Gasteiger partial charge is 0.495 e. The third kappa shape index (κ3) is 2.72. The summed E-state index contributed by atoms with van der Waals surface area (Å²) in [5.74, 6) is -1.13. The Labute approximate surface area is 143 Å². The van der Waals surface area contributed by atoms with Crippen LogP contribution in [0.3, 0.4) is 0 Å². The van der Waals surface area contributed by atoms with Gasteiger partial charge in [0.05, 0.1) is 28.9 Å². The highest BCUT2D eigenvalue weighted by atomic mass is 35.5. The van der Waals surface area contributed by atoms with Crippen LogP contribution in [0.1, 0.15) is 20.7 Å². The second-order valence-electron chi connectivity index (χ2n) is 5.11. The highest BCUT2D eigenvalue weighted by molar-refractivity contribution is 6.37. The molecule has 24 heavy (non-hydrogen) atoms. The van der Waals surface area contributed by atoms with Crippen molar-refractivity contribution in [1.29, 1.82) is 0 Å². The predicted molar refractivity (Wildman–Crippen MR) is 88.4 cm³/mol. The van der Waals surface area contributed by atoms with E-state index in [2.05, 4.69) is 5.32 Å². The second kappa shape index (κ2) is 6.33. The Morgan fingerprint density at radius 1 is 1.12 bits per heavy atom. The molecule has 1 aliphatic heterocycles. The molecule has 3 rings (SSSR count). The zero-order chi connectivity index (χ0) is 17.3. The van der Waals surface area contributed by atoms with Crippen LogP contribution < -0.4 is 10.1 Å². The number of anilines is 1. The minimum atomic E-state index is -0.573. The van der Waals surface area contributed by atoms with E-state index in [0.29, 0.717) is 11.4 Å². The summed E-state index contributed by atoms with van der Waals surface area (Å²) >= 11 is 5.98. The van der Waals surface area contributed by atoms with Gasteiger partial charge in [-0.15, -0.1) is 0 Å². The average molecular weight is 345 g/mol. The Bertz CT molecular complexity index is 850. The molecule has 0 unspecified atom stereocenters. The lowest BCUT2D eigenvalue weighted by atomic mass is 10.1. The number of amides is 3. The molecule has 0 spiro atoms. The molecule has 1 heterocycles. The third-order valence-electron chi connectivity index (χ3n) is 3.63. The minimum Gasteiger partial charge on any atom is -0.495 e. The van der Waals surface area contributed by atoms with Crippen molar-refractivity contribution in [3.05, 3.63) is 58.6 Å². The normalized spacial score (nSPS) is 13.0. The lowest BCUT2D eigenvalue weighted by molar-refractivity contribution is -0.116. The second-order valence-corrected chi connectivity index (χ2v) is 5.51. The van der Waals surface area contributed by atoms with Gasteiger partial charge in [0.25, 0.3) is 11.8 Å². The topological polar surface area (TPSA) is 75.7 Å². The zero-order valence-corrected chi connectivity index (χ0v) is 13.5. The summed E-state index contributed by atoms with van der Waals surface area (Å²) in [6.45, 7) is -0.402. The van der Waals surface area contributed by atoms with Crippen molar-refractivity contribution in [3.63, 3.8) is 0 Å². The molecule has 3 amide bonds. The molecule has 2 aromatic carbocycles. The molecule has 0 aliphatic carbocycles. The SMILES string of the molecule is COc1ccccc1NC(=O)CN1C(=O)c2cccc(Cl)c2C1=O. The highest BCUT2D eigenvalue weighted by Gasteiger charge is 2.38. The Kier molecular flexibility index (Phi) is 4.22. The standard InChI is InChI=1S/C17H13ClN2O4/c1-24-13-8-3-2-7-12(13)19-14(21)9-20-16(22)10-5-4-6-11(18)15(10)17(20)23/h2-8H,9H2,1H3,(H,19,21). The van der Waals surface area contributed by atoms with Gasteiger partial charge in [-0.1, -0.05) is 29.8 Å². The Morgan fingerprint density at radius 2 is 1.88 bits per heavy atom. The number of ether oxygens (including phenoxy) is 1. The monoisotopic (exact) mass is 344 g/mol. The van der Waals surface area contributed by atoms with Crippen LogP contribution in [-0.4, -0.2) is 36.3 Å². The molecule has 1 N–H and O–H groups in total. The quantitative estimate of drug-likeness (QED) is 0.865. The van der Waals surface area contributed by atoms with Crippen LogP contribution in [0, 0.1) is 0 Å². The summed E-state index contributed by atoms with van der Waals surface area (Å²) in [4.78, 5) is 37.8. The fourth-order valence-corrected chi connectivity index (χ4v) is 2.77. The number of hydrogen-bond acceptors (Lipinski definition) is 4. The number of nitrogens with one attached hydrogen (secondary N) is 1. The molecule has 0 radical (unpaired) electrons. The highest BCUT2D eigenvalue weighted by Crippen LogP contribution is 2.29. The van der Waals surface area contributed by atoms with E-state index < -0.39 is 24.3 Å². The van der Waals surface area contributed by atoms with Crippen molar-refractivity contribution >= 4 is 35.0 Å². The van der Waals surface area contributed by atoms with Gasteiger partial charge in [-0.25, -0.2) is 0 Å². The molecule has 0 aromatic heterocycles. The maximum Gasteiger partial charge on any atom is 0.263 e. The maximum absolute atomic E-state index is 12.4. The number of methoxy groups -OCH3 is 1. The van der Waals surface area contributed by atoms with Crippen molar-refractivity contribution < 1.29 is 19.1 Å². The summed E-state index contributed by atoms with van der Waals surface area (Å²) in [5.41, 5.74) is 0.798. The van der Waals surface area contributed by atoms with Crippen LogP contribution in [0.4, 0.5) is 5.69 Å². The van der Waals surface area contributed by atoms with E-state index in [1.807, 2.05) is 0 Å². The first-order valence-electron chi connectivity index (χ1n) is 7.10. The lowest BCUT2D eigenvalue weighted by Gasteiger charge is -2.15. The smallest absolute Gasteiger partial charge is 0.263 e. The Morgan fingerprint density at radius 3 is 2.58 bits per heavy atom. The van der Waals surface area contributed by atoms with Gasteiger partial charge in [-0.3, -0.25) is 19.3 Å². The Hall–Kier alpha value is -2.86. The number of carbonyl (C=O) groups is 3. The zero-order valence-electron chi connectivity index (χ0n) is 12.7. The molecule has 0 fully saturated rings. The molecule has 7 heteroatoms. The van der Waals surface area contributed by atoms with Gasteiger partial charge in [0, 0.05) is 0 Å². The van der Waals surface area contributed by atoms with Gasteiger partial charge >= 0.3 is 0 Å². The molecule has 0 bridgehead atoms. The molecule has 0 atom stereocenters. The molecule has 122 valence electrons. The van der Waals surface area contributed by atoms with E-state index in [1.54, 1.807) is 30.3 Å². The fraction of sp³-hybridized carbons (Fsp3) is 0.118. The van der Waals surface area contributed by atoms with Crippen LogP contribution >= 0.6 is 11.6 Å². The van der Waals surface area contributed by atoms with E-state index in [1.165, 1.54) is 19.2 Å². The molecular weight excluding hydrogens is 332 g/mol. The van der Waals surface area contributed by atoms with Gasteiger partial charge in [0.2, 0.25) is 5.91 Å².